The van der Waals surface area contributed by atoms with E-state index in [1.807, 2.05) is 20.0 Å². The van der Waals surface area contributed by atoms with Gasteiger partial charge in [-0.3, -0.25) is 4.90 Å². The molecule has 0 amide bonds. The molecule has 1 aliphatic rings. The van der Waals surface area contributed by atoms with Crippen molar-refractivity contribution >= 4 is 12.4 Å². The van der Waals surface area contributed by atoms with Gasteiger partial charge >= 0.3 is 0 Å². The Morgan fingerprint density at radius 1 is 1.50 bits per heavy atom. The Balaban J connectivity index is 0.00000128. The van der Waals surface area contributed by atoms with Crippen LogP contribution in [0.25, 0.3) is 0 Å². The molecule has 1 aromatic heterocycles. The van der Waals surface area contributed by atoms with E-state index in [9.17, 15) is 0 Å². The van der Waals surface area contributed by atoms with Crippen molar-refractivity contribution in [3.8, 4) is 0 Å². The summed E-state index contributed by atoms with van der Waals surface area (Å²) in [5.41, 5.74) is 1.05. The lowest BCUT2D eigenvalue weighted by Gasteiger charge is -2.30. The van der Waals surface area contributed by atoms with Gasteiger partial charge in [0.2, 0.25) is 0 Å². The molecule has 1 N–H and O–H groups in total. The van der Waals surface area contributed by atoms with Gasteiger partial charge in [-0.2, -0.15) is 0 Å². The molecule has 92 valence electrons. The second-order valence-corrected chi connectivity index (χ2v) is 4.27. The standard InChI is InChI=1S/C11H19N3O.ClH/c1-9-7-11(13-15-9)8-14-5-3-10(12-2)4-6-14;/h7,10,12H,3-6,8H2,1-2H3;1H. The summed E-state index contributed by atoms with van der Waals surface area (Å²) in [7, 11) is 2.04. The molecule has 2 rings (SSSR count). The molecule has 1 fully saturated rings. The number of likely N-dealkylation sites (tertiary alicyclic amines) is 1. The van der Waals surface area contributed by atoms with Gasteiger partial charge in [0.1, 0.15) is 5.76 Å². The van der Waals surface area contributed by atoms with Gasteiger partial charge in [0.15, 0.2) is 0 Å². The Morgan fingerprint density at radius 2 is 2.19 bits per heavy atom. The van der Waals surface area contributed by atoms with E-state index in [2.05, 4.69) is 15.4 Å². The summed E-state index contributed by atoms with van der Waals surface area (Å²) in [6, 6.07) is 2.71. The third-order valence-electron chi connectivity index (χ3n) is 3.06. The molecule has 4 nitrogen and oxygen atoms in total. The quantitative estimate of drug-likeness (QED) is 0.878. The molecule has 0 aliphatic carbocycles. The van der Waals surface area contributed by atoms with Gasteiger partial charge in [0.05, 0.1) is 5.69 Å². The van der Waals surface area contributed by atoms with Gasteiger partial charge in [0, 0.05) is 31.7 Å². The minimum atomic E-state index is 0. The van der Waals surface area contributed by atoms with Gasteiger partial charge < -0.3 is 9.84 Å². The molecule has 16 heavy (non-hydrogen) atoms. The minimum absolute atomic E-state index is 0. The fraction of sp³-hybridized carbons (Fsp3) is 0.727. The zero-order valence-corrected chi connectivity index (χ0v) is 10.7. The molecule has 0 bridgehead atoms. The number of piperidine rings is 1. The Bertz CT molecular complexity index is 308. The summed E-state index contributed by atoms with van der Waals surface area (Å²) in [6.07, 6.45) is 2.46. The molecule has 0 saturated carbocycles. The van der Waals surface area contributed by atoms with Crippen LogP contribution >= 0.6 is 12.4 Å². The SMILES string of the molecule is CNC1CCN(Cc2cc(C)on2)CC1.Cl. The maximum Gasteiger partial charge on any atom is 0.133 e. The monoisotopic (exact) mass is 245 g/mol. The summed E-state index contributed by atoms with van der Waals surface area (Å²) in [4.78, 5) is 2.44. The van der Waals surface area contributed by atoms with E-state index < -0.39 is 0 Å². The predicted octanol–water partition coefficient (Wildman–Crippen LogP) is 1.59. The van der Waals surface area contributed by atoms with Crippen LogP contribution in [-0.4, -0.2) is 36.2 Å². The van der Waals surface area contributed by atoms with E-state index in [0.29, 0.717) is 6.04 Å². The van der Waals surface area contributed by atoms with Crippen molar-refractivity contribution in [1.82, 2.24) is 15.4 Å². The van der Waals surface area contributed by atoms with Gasteiger partial charge in [-0.25, -0.2) is 0 Å². The van der Waals surface area contributed by atoms with Gasteiger partial charge in [0.25, 0.3) is 0 Å². The van der Waals surface area contributed by atoms with Gasteiger partial charge in [-0.1, -0.05) is 5.16 Å². The van der Waals surface area contributed by atoms with Crippen molar-refractivity contribution in [1.29, 1.82) is 0 Å². The molecular weight excluding hydrogens is 226 g/mol. The lowest BCUT2D eigenvalue weighted by atomic mass is 10.1. The number of halogens is 1. The number of hydrogen-bond donors (Lipinski definition) is 1. The van der Waals surface area contributed by atoms with E-state index in [0.717, 1.165) is 31.1 Å². The summed E-state index contributed by atoms with van der Waals surface area (Å²) in [6.45, 7) is 5.16. The highest BCUT2D eigenvalue weighted by Gasteiger charge is 2.18. The highest BCUT2D eigenvalue weighted by molar-refractivity contribution is 5.85. The Hall–Kier alpha value is -0.580. The summed E-state index contributed by atoms with van der Waals surface area (Å²) < 4.78 is 5.06. The van der Waals surface area contributed by atoms with Crippen molar-refractivity contribution in [3.05, 3.63) is 17.5 Å². The third-order valence-corrected chi connectivity index (χ3v) is 3.06. The maximum absolute atomic E-state index is 5.06. The average Bonchev–Trinajstić information content (AvgIpc) is 2.65. The number of aryl methyl sites for hydroxylation is 1. The smallest absolute Gasteiger partial charge is 0.133 e. The Morgan fingerprint density at radius 3 is 2.69 bits per heavy atom. The first kappa shape index (κ1) is 13.5. The normalized spacial score (nSPS) is 18.4. The molecule has 0 spiro atoms. The summed E-state index contributed by atoms with van der Waals surface area (Å²) >= 11 is 0. The molecule has 0 atom stereocenters. The Kier molecular flexibility index (Phi) is 5.25. The predicted molar refractivity (Wildman–Crippen MR) is 65.8 cm³/mol. The number of aromatic nitrogens is 1. The first-order chi connectivity index (χ1) is 7.28. The van der Waals surface area contributed by atoms with Crippen LogP contribution in [0.5, 0.6) is 0 Å². The van der Waals surface area contributed by atoms with Crippen LogP contribution in [-0.2, 0) is 6.54 Å². The van der Waals surface area contributed by atoms with Crippen molar-refractivity contribution in [3.63, 3.8) is 0 Å². The average molecular weight is 246 g/mol. The van der Waals surface area contributed by atoms with Crippen molar-refractivity contribution in [2.24, 2.45) is 0 Å². The highest BCUT2D eigenvalue weighted by Crippen LogP contribution is 2.13. The second kappa shape index (κ2) is 6.23. The lowest BCUT2D eigenvalue weighted by Crippen LogP contribution is -2.40. The zero-order valence-electron chi connectivity index (χ0n) is 9.90. The molecular formula is C11H20ClN3O. The number of nitrogens with zero attached hydrogens (tertiary/aromatic N) is 2. The first-order valence-electron chi connectivity index (χ1n) is 5.60. The van der Waals surface area contributed by atoms with E-state index in [-0.39, 0.29) is 12.4 Å². The van der Waals surface area contributed by atoms with E-state index >= 15 is 0 Å². The molecule has 0 radical (unpaired) electrons. The van der Waals surface area contributed by atoms with Gasteiger partial charge in [-0.05, 0) is 26.8 Å². The van der Waals surface area contributed by atoms with Crippen LogP contribution in [0.4, 0.5) is 0 Å². The molecule has 1 aromatic rings. The van der Waals surface area contributed by atoms with Crippen LogP contribution in [0.15, 0.2) is 10.6 Å². The fourth-order valence-electron chi connectivity index (χ4n) is 2.10. The third kappa shape index (κ3) is 3.47. The number of rotatable bonds is 3. The van der Waals surface area contributed by atoms with Crippen LogP contribution in [0.3, 0.4) is 0 Å². The minimum Gasteiger partial charge on any atom is -0.361 e. The summed E-state index contributed by atoms with van der Waals surface area (Å²) in [5, 5.41) is 7.35. The van der Waals surface area contributed by atoms with Crippen LogP contribution in [0.2, 0.25) is 0 Å². The van der Waals surface area contributed by atoms with E-state index in [4.69, 9.17) is 4.52 Å². The second-order valence-electron chi connectivity index (χ2n) is 4.27. The molecule has 0 unspecified atom stereocenters. The van der Waals surface area contributed by atoms with E-state index in [1.54, 1.807) is 0 Å². The van der Waals surface area contributed by atoms with Gasteiger partial charge in [-0.15, -0.1) is 12.4 Å². The fourth-order valence-corrected chi connectivity index (χ4v) is 2.10. The topological polar surface area (TPSA) is 41.3 Å². The van der Waals surface area contributed by atoms with E-state index in [1.165, 1.54) is 12.8 Å². The van der Waals surface area contributed by atoms with Crippen LogP contribution < -0.4 is 5.32 Å². The summed E-state index contributed by atoms with van der Waals surface area (Å²) in [5.74, 6) is 0.898. The van der Waals surface area contributed by atoms with Crippen LogP contribution in [0, 0.1) is 6.92 Å². The highest BCUT2D eigenvalue weighted by atomic mass is 35.5. The van der Waals surface area contributed by atoms with Crippen molar-refractivity contribution < 1.29 is 4.52 Å². The zero-order chi connectivity index (χ0) is 10.7. The Labute approximate surface area is 103 Å². The lowest BCUT2D eigenvalue weighted by molar-refractivity contribution is 0.190. The maximum atomic E-state index is 5.06. The van der Waals surface area contributed by atoms with Crippen molar-refractivity contribution in [2.45, 2.75) is 32.4 Å². The molecule has 2 heterocycles. The number of nitrogens with one attached hydrogen (secondary N) is 1. The molecule has 1 aliphatic heterocycles. The molecule has 5 heteroatoms. The molecule has 0 aromatic carbocycles. The first-order valence-corrected chi connectivity index (χ1v) is 5.60. The van der Waals surface area contributed by atoms with Crippen molar-refractivity contribution in [2.75, 3.05) is 20.1 Å². The van der Waals surface area contributed by atoms with Crippen LogP contribution in [0.1, 0.15) is 24.3 Å². The largest absolute Gasteiger partial charge is 0.361 e. The number of hydrogen-bond acceptors (Lipinski definition) is 4. The molecule has 1 saturated heterocycles.